The summed E-state index contributed by atoms with van der Waals surface area (Å²) in [7, 11) is 3.02. The Balaban J connectivity index is 2.22. The molecule has 0 radical (unpaired) electrons. The first-order valence-corrected chi connectivity index (χ1v) is 6.40. The molecule has 1 fully saturated rings. The van der Waals surface area contributed by atoms with Crippen molar-refractivity contribution < 1.29 is 18.8 Å². The first-order chi connectivity index (χ1) is 9.98. The van der Waals surface area contributed by atoms with E-state index in [-0.39, 0.29) is 24.8 Å². The second-order valence-electron chi connectivity index (χ2n) is 4.39. The summed E-state index contributed by atoms with van der Waals surface area (Å²) in [5, 5.41) is 13.8. The van der Waals surface area contributed by atoms with Gasteiger partial charge in [0.2, 0.25) is 11.7 Å². The summed E-state index contributed by atoms with van der Waals surface area (Å²) in [6.45, 7) is 0.739. The van der Waals surface area contributed by atoms with E-state index >= 15 is 0 Å². The van der Waals surface area contributed by atoms with E-state index in [0.29, 0.717) is 11.7 Å². The van der Waals surface area contributed by atoms with Crippen LogP contribution in [0, 0.1) is 10.1 Å². The lowest BCUT2D eigenvalue weighted by atomic mass is 10.2. The Morgan fingerprint density at radius 1 is 1.67 bits per heavy atom. The number of hydrogen-bond donors (Lipinski definition) is 1. The Kier molecular flexibility index (Phi) is 4.66. The van der Waals surface area contributed by atoms with E-state index in [1.54, 1.807) is 4.90 Å². The molecule has 1 N–H and O–H groups in total. The number of oxazole rings is 1. The van der Waals surface area contributed by atoms with E-state index < -0.39 is 10.7 Å². The largest absolute Gasteiger partial charge is 0.445 e. The number of nitrogens with one attached hydrogen (secondary N) is 1. The van der Waals surface area contributed by atoms with Gasteiger partial charge in [-0.1, -0.05) is 11.6 Å². The fraction of sp³-hybridized carbons (Fsp3) is 0.545. The molecular formula is C11H15ClN4O5. The molecule has 1 aromatic rings. The molecule has 9 nitrogen and oxygen atoms in total. The van der Waals surface area contributed by atoms with Crippen molar-refractivity contribution in [2.75, 3.05) is 27.3 Å². The van der Waals surface area contributed by atoms with Crippen molar-refractivity contribution in [1.29, 1.82) is 0 Å². The SMILES string of the molecule is COC1(OC)CN/C(=C\[N+](=O)[O-])N(Cc2nc(Cl)co2)C1. The van der Waals surface area contributed by atoms with Crippen LogP contribution in [0.1, 0.15) is 5.89 Å². The monoisotopic (exact) mass is 318 g/mol. The van der Waals surface area contributed by atoms with Crippen molar-refractivity contribution in [2.24, 2.45) is 0 Å². The average molecular weight is 319 g/mol. The van der Waals surface area contributed by atoms with Gasteiger partial charge < -0.3 is 24.1 Å². The lowest BCUT2D eigenvalue weighted by molar-refractivity contribution is -0.405. The molecule has 0 unspecified atom stereocenters. The Hall–Kier alpha value is -1.84. The number of rotatable bonds is 5. The molecule has 21 heavy (non-hydrogen) atoms. The summed E-state index contributed by atoms with van der Waals surface area (Å²) in [5.41, 5.74) is 0. The van der Waals surface area contributed by atoms with Gasteiger partial charge in [-0.05, 0) is 0 Å². The molecule has 0 saturated carbocycles. The Bertz CT molecular complexity index is 542. The Labute approximate surface area is 125 Å². The first kappa shape index (κ1) is 15.5. The topological polar surface area (TPSA) is 103 Å². The molecule has 1 saturated heterocycles. The molecule has 1 aliphatic rings. The van der Waals surface area contributed by atoms with E-state index in [2.05, 4.69) is 10.3 Å². The lowest BCUT2D eigenvalue weighted by Gasteiger charge is -2.42. The third kappa shape index (κ3) is 3.63. The van der Waals surface area contributed by atoms with Gasteiger partial charge in [-0.3, -0.25) is 10.1 Å². The van der Waals surface area contributed by atoms with Crippen LogP contribution in [0.5, 0.6) is 0 Å². The zero-order chi connectivity index (χ0) is 15.5. The molecule has 0 aliphatic carbocycles. The Morgan fingerprint density at radius 2 is 2.38 bits per heavy atom. The van der Waals surface area contributed by atoms with Crippen LogP contribution in [0.15, 0.2) is 22.7 Å². The van der Waals surface area contributed by atoms with Crippen molar-refractivity contribution in [2.45, 2.75) is 12.3 Å². The van der Waals surface area contributed by atoms with Gasteiger partial charge in [0.05, 0.1) is 24.6 Å². The number of halogens is 1. The van der Waals surface area contributed by atoms with Crippen LogP contribution in [0.4, 0.5) is 0 Å². The molecule has 1 aliphatic heterocycles. The fourth-order valence-electron chi connectivity index (χ4n) is 2.02. The predicted octanol–water partition coefficient (Wildman–Crippen LogP) is 0.798. The molecule has 0 atom stereocenters. The molecule has 10 heteroatoms. The van der Waals surface area contributed by atoms with E-state index in [1.165, 1.54) is 20.5 Å². The quantitative estimate of drug-likeness (QED) is 0.483. The minimum Gasteiger partial charge on any atom is -0.445 e. The van der Waals surface area contributed by atoms with Gasteiger partial charge in [0.25, 0.3) is 6.20 Å². The number of nitrogens with zero attached hydrogens (tertiary/aromatic N) is 3. The minimum atomic E-state index is -0.912. The molecule has 2 heterocycles. The molecule has 2 rings (SSSR count). The number of nitro groups is 1. The van der Waals surface area contributed by atoms with E-state index in [4.69, 9.17) is 25.5 Å². The summed E-state index contributed by atoms with van der Waals surface area (Å²) in [5.74, 6) is -0.261. The number of hydrogen-bond acceptors (Lipinski definition) is 8. The first-order valence-electron chi connectivity index (χ1n) is 6.02. The Morgan fingerprint density at radius 3 is 2.90 bits per heavy atom. The van der Waals surface area contributed by atoms with Gasteiger partial charge >= 0.3 is 0 Å². The maximum Gasteiger partial charge on any atom is 0.274 e. The number of ether oxygens (including phenoxy) is 2. The zero-order valence-corrected chi connectivity index (χ0v) is 12.3. The highest BCUT2D eigenvalue weighted by molar-refractivity contribution is 6.29. The van der Waals surface area contributed by atoms with Crippen molar-refractivity contribution >= 4 is 11.6 Å². The van der Waals surface area contributed by atoms with Gasteiger partial charge in [0.1, 0.15) is 6.26 Å². The predicted molar refractivity (Wildman–Crippen MR) is 71.8 cm³/mol. The second kappa shape index (κ2) is 6.29. The molecule has 0 spiro atoms. The van der Waals surface area contributed by atoms with Crippen LogP contribution < -0.4 is 5.32 Å². The smallest absolute Gasteiger partial charge is 0.274 e. The summed E-state index contributed by atoms with van der Waals surface area (Å²) in [6, 6.07) is 0. The van der Waals surface area contributed by atoms with Crippen LogP contribution in [0.25, 0.3) is 0 Å². The average Bonchev–Trinajstić information content (AvgIpc) is 2.86. The van der Waals surface area contributed by atoms with Crippen molar-refractivity contribution in [1.82, 2.24) is 15.2 Å². The second-order valence-corrected chi connectivity index (χ2v) is 4.78. The number of aromatic nitrogens is 1. The van der Waals surface area contributed by atoms with Crippen molar-refractivity contribution in [3.05, 3.63) is 39.4 Å². The fourth-order valence-corrected chi connectivity index (χ4v) is 2.16. The highest BCUT2D eigenvalue weighted by Crippen LogP contribution is 2.23. The summed E-state index contributed by atoms with van der Waals surface area (Å²) >= 11 is 5.70. The molecule has 1 aromatic heterocycles. The lowest BCUT2D eigenvalue weighted by Crippen LogP contribution is -2.58. The van der Waals surface area contributed by atoms with Crippen LogP contribution in [-0.2, 0) is 16.0 Å². The van der Waals surface area contributed by atoms with Gasteiger partial charge in [-0.25, -0.2) is 4.98 Å². The molecule has 0 aromatic carbocycles. The summed E-state index contributed by atoms with van der Waals surface area (Å²) in [6.07, 6.45) is 2.17. The number of methoxy groups -OCH3 is 2. The van der Waals surface area contributed by atoms with Crippen molar-refractivity contribution in [3.8, 4) is 0 Å². The normalized spacial score (nSPS) is 19.6. The van der Waals surface area contributed by atoms with Gasteiger partial charge in [0, 0.05) is 14.2 Å². The summed E-state index contributed by atoms with van der Waals surface area (Å²) in [4.78, 5) is 15.8. The maximum atomic E-state index is 10.7. The highest BCUT2D eigenvalue weighted by atomic mass is 35.5. The molecule has 0 bridgehead atoms. The minimum absolute atomic E-state index is 0.188. The van der Waals surface area contributed by atoms with Gasteiger partial charge in [0.15, 0.2) is 11.0 Å². The van der Waals surface area contributed by atoms with Crippen LogP contribution >= 0.6 is 11.6 Å². The summed E-state index contributed by atoms with van der Waals surface area (Å²) < 4.78 is 15.9. The maximum absolute atomic E-state index is 10.7. The van der Waals surface area contributed by atoms with Crippen LogP contribution in [-0.4, -0.2) is 47.9 Å². The van der Waals surface area contributed by atoms with Crippen LogP contribution in [0.2, 0.25) is 5.15 Å². The van der Waals surface area contributed by atoms with Gasteiger partial charge in [-0.2, -0.15) is 0 Å². The third-order valence-electron chi connectivity index (χ3n) is 3.13. The molecule has 116 valence electrons. The van der Waals surface area contributed by atoms with E-state index in [0.717, 1.165) is 6.20 Å². The third-order valence-corrected chi connectivity index (χ3v) is 3.31. The van der Waals surface area contributed by atoms with E-state index in [9.17, 15) is 10.1 Å². The zero-order valence-electron chi connectivity index (χ0n) is 11.5. The van der Waals surface area contributed by atoms with Crippen LogP contribution in [0.3, 0.4) is 0 Å². The standard InChI is InChI=1S/C11H15ClN4O5/c1-19-11(20-2)6-13-9(3-16(17)18)15(7-11)4-10-14-8(12)5-21-10/h3,5,13H,4,6-7H2,1-2H3/b9-3+. The molecular weight excluding hydrogens is 304 g/mol. The van der Waals surface area contributed by atoms with E-state index in [1.807, 2.05) is 0 Å². The van der Waals surface area contributed by atoms with Crippen molar-refractivity contribution in [3.63, 3.8) is 0 Å². The highest BCUT2D eigenvalue weighted by Gasteiger charge is 2.39. The van der Waals surface area contributed by atoms with Gasteiger partial charge in [-0.15, -0.1) is 0 Å². The molecule has 0 amide bonds.